The minimum Gasteiger partial charge on any atom is -0.454 e. The second-order valence-corrected chi connectivity index (χ2v) is 6.09. The van der Waals surface area contributed by atoms with Gasteiger partial charge < -0.3 is 9.47 Å². The molecule has 0 spiro atoms. The van der Waals surface area contributed by atoms with Gasteiger partial charge in [-0.3, -0.25) is 9.69 Å². The van der Waals surface area contributed by atoms with Crippen LogP contribution in [0.25, 0.3) is 0 Å². The molecule has 1 amide bonds. The minimum absolute atomic E-state index is 0.0294. The number of carbonyl (C=O) groups excluding carboxylic acids is 1. The van der Waals surface area contributed by atoms with Gasteiger partial charge in [-0.05, 0) is 35.9 Å². The molecule has 0 N–H and O–H groups in total. The first-order chi connectivity index (χ1) is 10.7. The number of carbonyl (C=O) groups is 1. The van der Waals surface area contributed by atoms with Gasteiger partial charge >= 0.3 is 0 Å². The molecule has 4 nitrogen and oxygen atoms in total. The largest absolute Gasteiger partial charge is 0.454 e. The van der Waals surface area contributed by atoms with Crippen molar-refractivity contribution in [1.29, 1.82) is 0 Å². The van der Waals surface area contributed by atoms with Crippen LogP contribution >= 0.6 is 11.8 Å². The summed E-state index contributed by atoms with van der Waals surface area (Å²) in [6, 6.07) is 11.7. The van der Waals surface area contributed by atoms with Crippen molar-refractivity contribution in [1.82, 2.24) is 0 Å². The Morgan fingerprint density at radius 1 is 1.14 bits per heavy atom. The van der Waals surface area contributed by atoms with Gasteiger partial charge in [-0.25, -0.2) is 4.39 Å². The molecule has 6 heteroatoms. The van der Waals surface area contributed by atoms with Crippen LogP contribution in [0, 0.1) is 5.82 Å². The smallest absolute Gasteiger partial charge is 0.238 e. The number of benzene rings is 2. The van der Waals surface area contributed by atoms with Crippen LogP contribution in [0.3, 0.4) is 0 Å². The summed E-state index contributed by atoms with van der Waals surface area (Å²) < 4.78 is 24.2. The van der Waals surface area contributed by atoms with Gasteiger partial charge in [0.2, 0.25) is 12.7 Å². The number of nitrogens with zero attached hydrogens (tertiary/aromatic N) is 1. The lowest BCUT2D eigenvalue weighted by Gasteiger charge is -2.24. The number of fused-ring (bicyclic) bond motifs is 1. The fourth-order valence-corrected chi connectivity index (χ4v) is 3.81. The molecule has 22 heavy (non-hydrogen) atoms. The van der Waals surface area contributed by atoms with Crippen LogP contribution in [0.15, 0.2) is 42.5 Å². The number of hydrogen-bond acceptors (Lipinski definition) is 4. The van der Waals surface area contributed by atoms with Gasteiger partial charge in [0.05, 0.1) is 5.75 Å². The van der Waals surface area contributed by atoms with Crippen molar-refractivity contribution in [3.05, 3.63) is 53.8 Å². The second kappa shape index (κ2) is 5.21. The van der Waals surface area contributed by atoms with Crippen molar-refractivity contribution >= 4 is 23.4 Å². The van der Waals surface area contributed by atoms with Gasteiger partial charge in [-0.15, -0.1) is 11.8 Å². The molecular weight excluding hydrogens is 305 g/mol. The van der Waals surface area contributed by atoms with Gasteiger partial charge in [0.1, 0.15) is 11.2 Å². The van der Waals surface area contributed by atoms with Crippen molar-refractivity contribution in [2.24, 2.45) is 0 Å². The highest BCUT2D eigenvalue weighted by atomic mass is 32.2. The summed E-state index contributed by atoms with van der Waals surface area (Å²) in [7, 11) is 0. The summed E-state index contributed by atoms with van der Waals surface area (Å²) in [6.45, 7) is 0.211. The van der Waals surface area contributed by atoms with E-state index in [2.05, 4.69) is 0 Å². The Morgan fingerprint density at radius 3 is 2.86 bits per heavy atom. The van der Waals surface area contributed by atoms with Gasteiger partial charge in [0.15, 0.2) is 11.5 Å². The predicted molar refractivity (Wildman–Crippen MR) is 81.7 cm³/mol. The quantitative estimate of drug-likeness (QED) is 0.851. The summed E-state index contributed by atoms with van der Waals surface area (Å²) in [4.78, 5) is 13.9. The zero-order chi connectivity index (χ0) is 15.1. The van der Waals surface area contributed by atoms with Crippen LogP contribution in [-0.2, 0) is 4.79 Å². The molecule has 0 saturated carbocycles. The molecule has 112 valence electrons. The lowest BCUT2D eigenvalue weighted by atomic mass is 10.1. The van der Waals surface area contributed by atoms with E-state index < -0.39 is 0 Å². The van der Waals surface area contributed by atoms with Crippen molar-refractivity contribution in [3.63, 3.8) is 0 Å². The van der Waals surface area contributed by atoms with Crippen LogP contribution in [0.1, 0.15) is 10.9 Å². The van der Waals surface area contributed by atoms with Crippen LogP contribution in [0.4, 0.5) is 10.1 Å². The number of ether oxygens (including phenoxy) is 2. The Bertz CT molecular complexity index is 752. The van der Waals surface area contributed by atoms with Crippen molar-refractivity contribution in [2.75, 3.05) is 17.4 Å². The number of amides is 1. The summed E-state index contributed by atoms with van der Waals surface area (Å²) in [5, 5.41) is -0.191. The highest BCUT2D eigenvalue weighted by Gasteiger charge is 2.35. The third-order valence-corrected chi connectivity index (χ3v) is 4.85. The molecule has 2 aromatic rings. The second-order valence-electron chi connectivity index (χ2n) is 5.02. The highest BCUT2D eigenvalue weighted by molar-refractivity contribution is 8.00. The molecular formula is C16H12FNO3S. The van der Waals surface area contributed by atoms with E-state index in [1.165, 1.54) is 23.9 Å². The van der Waals surface area contributed by atoms with Crippen LogP contribution in [-0.4, -0.2) is 18.5 Å². The first-order valence-electron chi connectivity index (χ1n) is 6.81. The Balaban J connectivity index is 1.72. The highest BCUT2D eigenvalue weighted by Crippen LogP contribution is 2.44. The van der Waals surface area contributed by atoms with Gasteiger partial charge in [0.25, 0.3) is 0 Å². The maximum atomic E-state index is 13.5. The molecule has 1 fully saturated rings. The topological polar surface area (TPSA) is 38.8 Å². The summed E-state index contributed by atoms with van der Waals surface area (Å²) in [5.74, 6) is 1.37. The molecule has 0 aromatic heterocycles. The summed E-state index contributed by atoms with van der Waals surface area (Å²) >= 11 is 1.52. The molecule has 2 aromatic carbocycles. The third-order valence-electron chi connectivity index (χ3n) is 3.64. The maximum Gasteiger partial charge on any atom is 0.238 e. The summed E-state index contributed by atoms with van der Waals surface area (Å²) in [6.07, 6.45) is 0. The first kappa shape index (κ1) is 13.5. The molecule has 1 saturated heterocycles. The zero-order valence-corrected chi connectivity index (χ0v) is 12.3. The van der Waals surface area contributed by atoms with E-state index in [1.807, 2.05) is 18.2 Å². The Hall–Kier alpha value is -2.21. The summed E-state index contributed by atoms with van der Waals surface area (Å²) in [5.41, 5.74) is 1.50. The Morgan fingerprint density at radius 2 is 2.00 bits per heavy atom. The van der Waals surface area contributed by atoms with E-state index >= 15 is 0 Å². The monoisotopic (exact) mass is 317 g/mol. The van der Waals surface area contributed by atoms with E-state index in [0.717, 1.165) is 5.56 Å². The number of hydrogen-bond donors (Lipinski definition) is 0. The number of rotatable bonds is 2. The minimum atomic E-state index is -0.355. The molecule has 2 aliphatic rings. The molecule has 4 rings (SSSR count). The van der Waals surface area contributed by atoms with Crippen molar-refractivity contribution in [2.45, 2.75) is 5.37 Å². The predicted octanol–water partition coefficient (Wildman–Crippen LogP) is 3.33. The molecule has 0 radical (unpaired) electrons. The Labute approximate surface area is 130 Å². The first-order valence-corrected chi connectivity index (χ1v) is 7.86. The van der Waals surface area contributed by atoms with Crippen molar-refractivity contribution in [3.8, 4) is 11.5 Å². The average molecular weight is 317 g/mol. The van der Waals surface area contributed by atoms with E-state index in [9.17, 15) is 9.18 Å². The molecule has 0 aliphatic carbocycles. The fraction of sp³-hybridized carbons (Fsp3) is 0.188. The SMILES string of the molecule is O=C1CS[C@H](c2ccc3c(c2)OCO3)N1c1cccc(F)c1. The van der Waals surface area contributed by atoms with Crippen molar-refractivity contribution < 1.29 is 18.7 Å². The molecule has 2 aliphatic heterocycles. The normalized spacial score (nSPS) is 19.8. The van der Waals surface area contributed by atoms with Gasteiger partial charge in [-0.2, -0.15) is 0 Å². The standard InChI is InChI=1S/C16H12FNO3S/c17-11-2-1-3-12(7-11)18-15(19)8-22-16(18)10-4-5-13-14(6-10)21-9-20-13/h1-7,16H,8-9H2/t16-/m1/s1. The maximum absolute atomic E-state index is 13.5. The molecule has 0 bridgehead atoms. The lowest BCUT2D eigenvalue weighted by Crippen LogP contribution is -2.27. The van der Waals surface area contributed by atoms with Crippen LogP contribution in [0.2, 0.25) is 0 Å². The number of thioether (sulfide) groups is 1. The van der Waals surface area contributed by atoms with E-state index in [4.69, 9.17) is 9.47 Å². The molecule has 0 unspecified atom stereocenters. The third kappa shape index (κ3) is 2.20. The van der Waals surface area contributed by atoms with Crippen LogP contribution < -0.4 is 14.4 Å². The fourth-order valence-electron chi connectivity index (χ4n) is 2.64. The van der Waals surface area contributed by atoms with E-state index in [0.29, 0.717) is 22.9 Å². The van der Waals surface area contributed by atoms with Gasteiger partial charge in [0, 0.05) is 5.69 Å². The Kier molecular flexibility index (Phi) is 3.18. The van der Waals surface area contributed by atoms with E-state index in [-0.39, 0.29) is 23.9 Å². The number of anilines is 1. The van der Waals surface area contributed by atoms with Crippen LogP contribution in [0.5, 0.6) is 11.5 Å². The lowest BCUT2D eigenvalue weighted by molar-refractivity contribution is -0.115. The van der Waals surface area contributed by atoms with Gasteiger partial charge in [-0.1, -0.05) is 12.1 Å². The molecule has 2 heterocycles. The number of halogens is 1. The average Bonchev–Trinajstić information content (AvgIpc) is 3.12. The molecule has 1 atom stereocenters. The zero-order valence-electron chi connectivity index (χ0n) is 11.5. The van der Waals surface area contributed by atoms with E-state index in [1.54, 1.807) is 17.0 Å².